The molecule has 0 aliphatic rings. The predicted octanol–water partition coefficient (Wildman–Crippen LogP) is 3.49. The molecular weight excluding hydrogens is 132 g/mol. The first-order valence-corrected chi connectivity index (χ1v) is 3.57. The molecule has 9 heavy (non-hydrogen) atoms. The van der Waals surface area contributed by atoms with Crippen molar-refractivity contribution >= 4 is 11.6 Å². The molecule has 0 saturated carbocycles. The Hall–Kier alpha value is -0.230. The first-order chi connectivity index (χ1) is 4.22. The van der Waals surface area contributed by atoms with Gasteiger partial charge < -0.3 is 0 Å². The van der Waals surface area contributed by atoms with Gasteiger partial charge in [-0.25, -0.2) is 0 Å². The molecule has 0 aromatic rings. The van der Waals surface area contributed by atoms with Gasteiger partial charge in [-0.05, 0) is 18.9 Å². The van der Waals surface area contributed by atoms with Gasteiger partial charge in [-0.15, -0.1) is 0 Å². The van der Waals surface area contributed by atoms with E-state index in [1.54, 1.807) is 6.08 Å². The van der Waals surface area contributed by atoms with E-state index < -0.39 is 0 Å². The number of hydrogen-bond donors (Lipinski definition) is 0. The normalized spacial score (nSPS) is 12.8. The lowest BCUT2D eigenvalue weighted by atomic mass is 10.2. The van der Waals surface area contributed by atoms with Crippen molar-refractivity contribution in [3.8, 4) is 0 Å². The third-order valence-corrected chi connectivity index (χ3v) is 1.69. The van der Waals surface area contributed by atoms with Gasteiger partial charge in [0.05, 0.1) is 0 Å². The molecule has 0 rings (SSSR count). The summed E-state index contributed by atoms with van der Waals surface area (Å²) in [6.45, 7) is 7.71. The largest absolute Gasteiger partial charge is 0.0988 e. The van der Waals surface area contributed by atoms with Crippen LogP contribution >= 0.6 is 11.6 Å². The van der Waals surface area contributed by atoms with E-state index in [-0.39, 0.29) is 0 Å². The van der Waals surface area contributed by atoms with Crippen LogP contribution < -0.4 is 0 Å². The first-order valence-electron chi connectivity index (χ1n) is 3.20. The molecule has 0 aliphatic carbocycles. The van der Waals surface area contributed by atoms with Crippen LogP contribution in [0.1, 0.15) is 26.7 Å². The molecule has 0 aliphatic heterocycles. The molecule has 0 fully saturated rings. The van der Waals surface area contributed by atoms with Gasteiger partial charge in [0.15, 0.2) is 0 Å². The van der Waals surface area contributed by atoms with Crippen LogP contribution in [0.25, 0.3) is 0 Å². The number of hydrogen-bond acceptors (Lipinski definition) is 0. The summed E-state index contributed by atoms with van der Waals surface area (Å²) in [7, 11) is 0. The molecule has 52 valence electrons. The average Bonchev–Trinajstić information content (AvgIpc) is 1.87. The second kappa shape index (κ2) is 4.63. The Morgan fingerprint density at radius 1 is 1.67 bits per heavy atom. The molecule has 0 heterocycles. The summed E-state index contributed by atoms with van der Waals surface area (Å²) < 4.78 is 0. The molecule has 1 heteroatoms. The van der Waals surface area contributed by atoms with E-state index in [1.807, 2.05) is 6.92 Å². The third kappa shape index (κ3) is 3.36. The second-order valence-corrected chi connectivity index (χ2v) is 2.50. The van der Waals surface area contributed by atoms with E-state index in [0.717, 1.165) is 23.4 Å². The topological polar surface area (TPSA) is 0 Å². The fourth-order valence-corrected chi connectivity index (χ4v) is 0.794. The molecule has 0 aromatic heterocycles. The lowest BCUT2D eigenvalue weighted by molar-refractivity contribution is 0.937. The highest BCUT2D eigenvalue weighted by molar-refractivity contribution is 6.30. The summed E-state index contributed by atoms with van der Waals surface area (Å²) in [4.78, 5) is 0. The Morgan fingerprint density at radius 2 is 2.22 bits per heavy atom. The van der Waals surface area contributed by atoms with Gasteiger partial charge in [0.2, 0.25) is 0 Å². The Morgan fingerprint density at radius 3 is 2.56 bits per heavy atom. The fraction of sp³-hybridized carbons (Fsp3) is 0.500. The maximum absolute atomic E-state index is 5.84. The van der Waals surface area contributed by atoms with Crippen molar-refractivity contribution in [1.29, 1.82) is 0 Å². The van der Waals surface area contributed by atoms with Gasteiger partial charge in [0, 0.05) is 5.03 Å². The Balaban J connectivity index is 3.93. The van der Waals surface area contributed by atoms with Gasteiger partial charge >= 0.3 is 0 Å². The van der Waals surface area contributed by atoms with Crippen LogP contribution in [-0.2, 0) is 0 Å². The smallest absolute Gasteiger partial charge is 0.0209 e. The maximum Gasteiger partial charge on any atom is 0.0209 e. The highest BCUT2D eigenvalue weighted by atomic mass is 35.5. The molecule has 0 aromatic carbocycles. The van der Waals surface area contributed by atoms with Crippen molar-refractivity contribution in [2.45, 2.75) is 26.7 Å². The minimum absolute atomic E-state index is 0.938. The molecule has 0 unspecified atom stereocenters. The second-order valence-electron chi connectivity index (χ2n) is 2.04. The van der Waals surface area contributed by atoms with E-state index >= 15 is 0 Å². The van der Waals surface area contributed by atoms with Crippen molar-refractivity contribution in [2.75, 3.05) is 0 Å². The molecule has 0 bridgehead atoms. The van der Waals surface area contributed by atoms with Crippen LogP contribution in [0, 0.1) is 0 Å². The highest BCUT2D eigenvalue weighted by Crippen LogP contribution is 2.15. The molecule has 0 N–H and O–H groups in total. The van der Waals surface area contributed by atoms with Gasteiger partial charge in [-0.2, -0.15) is 0 Å². The molecule has 0 saturated heterocycles. The first kappa shape index (κ1) is 8.77. The van der Waals surface area contributed by atoms with Crippen LogP contribution in [-0.4, -0.2) is 0 Å². The van der Waals surface area contributed by atoms with E-state index in [9.17, 15) is 0 Å². The van der Waals surface area contributed by atoms with Gasteiger partial charge in [-0.3, -0.25) is 0 Å². The van der Waals surface area contributed by atoms with Crippen LogP contribution in [0.3, 0.4) is 0 Å². The van der Waals surface area contributed by atoms with Crippen molar-refractivity contribution in [3.63, 3.8) is 0 Å². The van der Waals surface area contributed by atoms with Gasteiger partial charge in [0.1, 0.15) is 0 Å². The molecule has 0 atom stereocenters. The Labute approximate surface area is 62.2 Å². The quantitative estimate of drug-likeness (QED) is 0.532. The van der Waals surface area contributed by atoms with Crippen molar-refractivity contribution in [1.82, 2.24) is 0 Å². The van der Waals surface area contributed by atoms with Crippen molar-refractivity contribution < 1.29 is 0 Å². The summed E-state index contributed by atoms with van der Waals surface area (Å²) in [5.74, 6) is 0. The molecule has 0 amide bonds. The molecule has 0 radical (unpaired) electrons. The fourth-order valence-electron chi connectivity index (χ4n) is 0.527. The zero-order valence-electron chi connectivity index (χ0n) is 6.08. The van der Waals surface area contributed by atoms with Crippen molar-refractivity contribution in [3.05, 3.63) is 23.3 Å². The number of rotatable bonds is 3. The lowest BCUT2D eigenvalue weighted by Gasteiger charge is -1.96. The summed E-state index contributed by atoms with van der Waals surface area (Å²) in [5.41, 5.74) is 1.10. The number of allylic oxidation sites excluding steroid dienone is 3. The van der Waals surface area contributed by atoms with Crippen LogP contribution in [0.15, 0.2) is 23.3 Å². The highest BCUT2D eigenvalue weighted by Gasteiger charge is 1.92. The summed E-state index contributed by atoms with van der Waals surface area (Å²) in [6.07, 6.45) is 3.86. The lowest BCUT2D eigenvalue weighted by Crippen LogP contribution is -1.75. The minimum Gasteiger partial charge on any atom is -0.0988 e. The zero-order chi connectivity index (χ0) is 7.28. The SMILES string of the molecule is C=CC(C)=C(Cl)CCC. The van der Waals surface area contributed by atoms with Crippen LogP contribution in [0.4, 0.5) is 0 Å². The maximum atomic E-state index is 5.84. The van der Waals surface area contributed by atoms with Crippen molar-refractivity contribution in [2.24, 2.45) is 0 Å². The average molecular weight is 145 g/mol. The standard InChI is InChI=1S/C8H13Cl/c1-4-6-8(9)7(3)5-2/h5H,2,4,6H2,1,3H3. The molecular formula is C8H13Cl. The summed E-state index contributed by atoms with van der Waals surface area (Å²) in [6, 6.07) is 0. The van der Waals surface area contributed by atoms with Gasteiger partial charge in [-0.1, -0.05) is 37.6 Å². The van der Waals surface area contributed by atoms with E-state index in [2.05, 4.69) is 13.5 Å². The predicted molar refractivity (Wildman–Crippen MR) is 43.7 cm³/mol. The van der Waals surface area contributed by atoms with E-state index in [4.69, 9.17) is 11.6 Å². The van der Waals surface area contributed by atoms with Crippen LogP contribution in [0.5, 0.6) is 0 Å². The van der Waals surface area contributed by atoms with Crippen LogP contribution in [0.2, 0.25) is 0 Å². The molecule has 0 spiro atoms. The minimum atomic E-state index is 0.938. The summed E-state index contributed by atoms with van der Waals surface area (Å²) in [5, 5.41) is 0.938. The number of halogens is 1. The van der Waals surface area contributed by atoms with E-state index in [1.165, 1.54) is 0 Å². The third-order valence-electron chi connectivity index (χ3n) is 1.20. The van der Waals surface area contributed by atoms with E-state index in [0.29, 0.717) is 0 Å². The Kier molecular flexibility index (Phi) is 4.51. The Bertz CT molecular complexity index is 123. The monoisotopic (exact) mass is 144 g/mol. The van der Waals surface area contributed by atoms with Gasteiger partial charge in [0.25, 0.3) is 0 Å². The zero-order valence-corrected chi connectivity index (χ0v) is 6.83. The molecule has 0 nitrogen and oxygen atoms in total. The summed E-state index contributed by atoms with van der Waals surface area (Å²) >= 11 is 5.84.